The Bertz CT molecular complexity index is 894. The number of hydrogen-bond donors (Lipinski definition) is 0. The number of hydrogen-bond acceptors (Lipinski definition) is 3. The molecule has 31 heavy (non-hydrogen) atoms. The van der Waals surface area contributed by atoms with Gasteiger partial charge in [-0.2, -0.15) is 17.5 Å². The molecule has 1 saturated heterocycles. The lowest BCUT2D eigenvalue weighted by molar-refractivity contribution is -0.140. The first-order valence-electron chi connectivity index (χ1n) is 10.7. The number of rotatable bonds is 5. The van der Waals surface area contributed by atoms with Crippen molar-refractivity contribution in [1.82, 2.24) is 9.21 Å². The van der Waals surface area contributed by atoms with Crippen LogP contribution in [0.4, 0.5) is 13.2 Å². The van der Waals surface area contributed by atoms with Crippen molar-refractivity contribution in [2.75, 3.05) is 19.6 Å². The third-order valence-corrected chi connectivity index (χ3v) is 8.55. The number of benzene rings is 1. The Morgan fingerprint density at radius 2 is 1.74 bits per heavy atom. The molecule has 1 aliphatic carbocycles. The molecule has 2 aliphatic rings. The van der Waals surface area contributed by atoms with Crippen LogP contribution in [-0.2, 0) is 21.0 Å². The molecule has 5 nitrogen and oxygen atoms in total. The Hall–Kier alpha value is -1.32. The molecule has 1 amide bonds. The maximum atomic E-state index is 13.1. The first-order chi connectivity index (χ1) is 14.6. The van der Waals surface area contributed by atoms with E-state index in [1.54, 1.807) is 0 Å². The molecule has 10 heteroatoms. The fourth-order valence-electron chi connectivity index (χ4n) is 4.60. The van der Waals surface area contributed by atoms with Crippen LogP contribution in [0, 0.1) is 5.92 Å². The first-order valence-corrected chi connectivity index (χ1v) is 12.5. The second-order valence-corrected chi connectivity index (χ2v) is 10.6. The van der Waals surface area contributed by atoms with Crippen LogP contribution in [0.3, 0.4) is 0 Å². The summed E-state index contributed by atoms with van der Waals surface area (Å²) in [5.74, 6) is -0.193. The molecule has 2 fully saturated rings. The van der Waals surface area contributed by atoms with E-state index in [9.17, 15) is 26.4 Å². The molecule has 3 rings (SSSR count). The van der Waals surface area contributed by atoms with Crippen molar-refractivity contribution in [2.45, 2.75) is 69.0 Å². The largest absolute Gasteiger partial charge is 0.417 e. The van der Waals surface area contributed by atoms with Gasteiger partial charge in [-0.3, -0.25) is 4.79 Å². The Balaban J connectivity index is 1.69. The predicted octanol–water partition coefficient (Wildman–Crippen LogP) is 4.94. The standard InChI is InChI=1S/C21H28ClF3N2O3S/c1-2-27(16-6-4-3-5-7-16)20(28)15-10-12-26(13-11-15)31(29,30)17-8-9-19(22)18(14-17)21(23,24)25/h8-9,14-16H,2-7,10-13H2,1H3. The molecule has 1 aliphatic heterocycles. The lowest BCUT2D eigenvalue weighted by Gasteiger charge is -2.38. The topological polar surface area (TPSA) is 57.7 Å². The Labute approximate surface area is 186 Å². The molecule has 1 aromatic carbocycles. The van der Waals surface area contributed by atoms with Gasteiger partial charge in [0, 0.05) is 31.6 Å². The van der Waals surface area contributed by atoms with Crippen LogP contribution in [0.5, 0.6) is 0 Å². The van der Waals surface area contributed by atoms with Crippen molar-refractivity contribution in [3.63, 3.8) is 0 Å². The molecule has 0 aromatic heterocycles. The Morgan fingerprint density at radius 3 is 2.29 bits per heavy atom. The van der Waals surface area contributed by atoms with Gasteiger partial charge in [0.2, 0.25) is 15.9 Å². The lowest BCUT2D eigenvalue weighted by Crippen LogP contribution is -2.48. The number of alkyl halides is 3. The van der Waals surface area contributed by atoms with Crippen LogP contribution in [0.1, 0.15) is 57.4 Å². The number of sulfonamides is 1. The second kappa shape index (κ2) is 9.67. The van der Waals surface area contributed by atoms with E-state index in [-0.39, 0.29) is 31.0 Å². The minimum atomic E-state index is -4.75. The fourth-order valence-corrected chi connectivity index (χ4v) is 6.32. The van der Waals surface area contributed by atoms with E-state index in [2.05, 4.69) is 0 Å². The van der Waals surface area contributed by atoms with Gasteiger partial charge in [-0.25, -0.2) is 8.42 Å². The van der Waals surface area contributed by atoms with Crippen LogP contribution in [0.25, 0.3) is 0 Å². The van der Waals surface area contributed by atoms with Gasteiger partial charge in [-0.05, 0) is 50.8 Å². The first kappa shape index (κ1) is 24.3. The zero-order valence-electron chi connectivity index (χ0n) is 17.5. The van der Waals surface area contributed by atoms with Gasteiger partial charge in [-0.15, -0.1) is 0 Å². The average Bonchev–Trinajstić information content (AvgIpc) is 2.74. The van der Waals surface area contributed by atoms with Crippen molar-refractivity contribution in [3.8, 4) is 0 Å². The van der Waals surface area contributed by atoms with Crippen molar-refractivity contribution in [1.29, 1.82) is 0 Å². The van der Waals surface area contributed by atoms with E-state index in [0.29, 0.717) is 25.5 Å². The number of halogens is 4. The third kappa shape index (κ3) is 5.37. The van der Waals surface area contributed by atoms with Crippen molar-refractivity contribution in [3.05, 3.63) is 28.8 Å². The lowest BCUT2D eigenvalue weighted by atomic mass is 9.91. The molecule has 0 N–H and O–H groups in total. The maximum absolute atomic E-state index is 13.1. The van der Waals surface area contributed by atoms with E-state index in [1.165, 1.54) is 6.42 Å². The molecule has 0 atom stereocenters. The zero-order chi connectivity index (χ0) is 22.8. The molecule has 174 valence electrons. The molecule has 0 radical (unpaired) electrons. The maximum Gasteiger partial charge on any atom is 0.417 e. The minimum absolute atomic E-state index is 0.0669. The third-order valence-electron chi connectivity index (χ3n) is 6.32. The summed E-state index contributed by atoms with van der Waals surface area (Å²) in [6.45, 7) is 2.80. The minimum Gasteiger partial charge on any atom is -0.340 e. The highest BCUT2D eigenvalue weighted by Crippen LogP contribution is 2.37. The summed E-state index contributed by atoms with van der Waals surface area (Å²) in [4.78, 5) is 14.6. The molecule has 1 aromatic rings. The Kier molecular flexibility index (Phi) is 7.58. The average molecular weight is 481 g/mol. The van der Waals surface area contributed by atoms with E-state index >= 15 is 0 Å². The molecular weight excluding hydrogens is 453 g/mol. The van der Waals surface area contributed by atoms with E-state index in [1.807, 2.05) is 11.8 Å². The predicted molar refractivity (Wildman–Crippen MR) is 112 cm³/mol. The molecular formula is C21H28ClF3N2O3S. The SMILES string of the molecule is CCN(C(=O)C1CCN(S(=O)(=O)c2ccc(Cl)c(C(F)(F)F)c2)CC1)C1CCCCC1. The summed E-state index contributed by atoms with van der Waals surface area (Å²) in [5.41, 5.74) is -1.17. The van der Waals surface area contributed by atoms with Gasteiger partial charge >= 0.3 is 6.18 Å². The summed E-state index contributed by atoms with van der Waals surface area (Å²) >= 11 is 5.61. The zero-order valence-corrected chi connectivity index (χ0v) is 19.1. The summed E-state index contributed by atoms with van der Waals surface area (Å²) in [6, 6.07) is 2.88. The van der Waals surface area contributed by atoms with Gasteiger partial charge < -0.3 is 4.90 Å². The van der Waals surface area contributed by atoms with E-state index in [4.69, 9.17) is 11.6 Å². The summed E-state index contributed by atoms with van der Waals surface area (Å²) < 4.78 is 66.4. The van der Waals surface area contributed by atoms with Crippen LogP contribution in [0.15, 0.2) is 23.1 Å². The molecule has 0 spiro atoms. The fraction of sp³-hybridized carbons (Fsp3) is 0.667. The van der Waals surface area contributed by atoms with Gasteiger partial charge in [0.25, 0.3) is 0 Å². The van der Waals surface area contributed by atoms with Gasteiger partial charge in [-0.1, -0.05) is 30.9 Å². The number of nitrogens with zero attached hydrogens (tertiary/aromatic N) is 2. The molecule has 0 bridgehead atoms. The number of carbonyl (C=O) groups excluding carboxylic acids is 1. The quantitative estimate of drug-likeness (QED) is 0.599. The van der Waals surface area contributed by atoms with E-state index < -0.39 is 31.7 Å². The Morgan fingerprint density at radius 1 is 1.13 bits per heavy atom. The highest BCUT2D eigenvalue weighted by molar-refractivity contribution is 7.89. The summed E-state index contributed by atoms with van der Waals surface area (Å²) in [6.07, 6.45) is 1.42. The van der Waals surface area contributed by atoms with Crippen LogP contribution in [-0.4, -0.2) is 49.2 Å². The van der Waals surface area contributed by atoms with Gasteiger partial charge in [0.15, 0.2) is 0 Å². The monoisotopic (exact) mass is 480 g/mol. The molecule has 1 saturated carbocycles. The number of amides is 1. The smallest absolute Gasteiger partial charge is 0.340 e. The highest BCUT2D eigenvalue weighted by Gasteiger charge is 2.38. The molecule has 0 unspecified atom stereocenters. The van der Waals surface area contributed by atoms with Crippen LogP contribution < -0.4 is 0 Å². The van der Waals surface area contributed by atoms with Crippen molar-refractivity contribution in [2.24, 2.45) is 5.92 Å². The second-order valence-electron chi connectivity index (χ2n) is 8.23. The highest BCUT2D eigenvalue weighted by atomic mass is 35.5. The van der Waals surface area contributed by atoms with Crippen molar-refractivity contribution >= 4 is 27.5 Å². The van der Waals surface area contributed by atoms with E-state index in [0.717, 1.165) is 42.1 Å². The van der Waals surface area contributed by atoms with Gasteiger partial charge in [0.05, 0.1) is 15.5 Å². The number of piperidine rings is 1. The molecule has 1 heterocycles. The normalized spacial score (nSPS) is 20.0. The van der Waals surface area contributed by atoms with Gasteiger partial charge in [0.1, 0.15) is 0 Å². The summed E-state index contributed by atoms with van der Waals surface area (Å²) in [7, 11) is -4.11. The number of carbonyl (C=O) groups is 1. The van der Waals surface area contributed by atoms with Crippen LogP contribution >= 0.6 is 11.6 Å². The summed E-state index contributed by atoms with van der Waals surface area (Å²) in [5, 5.41) is -0.543. The van der Waals surface area contributed by atoms with Crippen LogP contribution in [0.2, 0.25) is 5.02 Å². The van der Waals surface area contributed by atoms with Crippen molar-refractivity contribution < 1.29 is 26.4 Å².